The van der Waals surface area contributed by atoms with Gasteiger partial charge in [-0.15, -0.1) is 0 Å². The number of hydrogen-bond donors (Lipinski definition) is 0. The molecule has 0 spiro atoms. The highest BCUT2D eigenvalue weighted by Crippen LogP contribution is 2.23. The summed E-state index contributed by atoms with van der Waals surface area (Å²) in [5.41, 5.74) is 3.24. The topological polar surface area (TPSA) is 34.9 Å². The minimum Gasteiger partial charge on any atom is -0.287 e. The van der Waals surface area contributed by atoms with Crippen LogP contribution in [0, 0.1) is 13.8 Å². The molecule has 0 fully saturated rings. The highest BCUT2D eigenvalue weighted by Gasteiger charge is 2.20. The molecule has 0 aliphatic carbocycles. The maximum absolute atomic E-state index is 12.6. The summed E-state index contributed by atoms with van der Waals surface area (Å²) in [6.45, 7) is 7.90. The van der Waals surface area contributed by atoms with Crippen LogP contribution < -0.4 is 0 Å². The lowest BCUT2D eigenvalue weighted by atomic mass is 10.0. The van der Waals surface area contributed by atoms with Crippen molar-refractivity contribution >= 4 is 17.4 Å². The summed E-state index contributed by atoms with van der Waals surface area (Å²) in [5, 5.41) is 4.57. The molecule has 100 valence electrons. The van der Waals surface area contributed by atoms with Crippen molar-refractivity contribution < 1.29 is 4.79 Å². The molecule has 3 nitrogen and oxygen atoms in total. The zero-order chi connectivity index (χ0) is 14.2. The van der Waals surface area contributed by atoms with Gasteiger partial charge in [-0.25, -0.2) is 0 Å². The van der Waals surface area contributed by atoms with E-state index in [2.05, 4.69) is 5.10 Å². The molecule has 0 bridgehead atoms. The number of aryl methyl sites for hydroxylation is 2. The van der Waals surface area contributed by atoms with Crippen molar-refractivity contribution in [2.45, 2.75) is 33.7 Å². The molecule has 0 unspecified atom stereocenters. The highest BCUT2D eigenvalue weighted by molar-refractivity contribution is 6.34. The van der Waals surface area contributed by atoms with Gasteiger partial charge in [0, 0.05) is 11.6 Å². The number of ketones is 1. The third-order valence-electron chi connectivity index (χ3n) is 2.94. The van der Waals surface area contributed by atoms with Gasteiger partial charge in [-0.1, -0.05) is 28.8 Å². The van der Waals surface area contributed by atoms with Crippen LogP contribution in [0.4, 0.5) is 0 Å². The molecule has 0 radical (unpaired) electrons. The van der Waals surface area contributed by atoms with E-state index in [9.17, 15) is 4.79 Å². The SMILES string of the molecule is Cc1cc(C)cc(C(=O)c2c(Cl)cnn2C(C)C)c1. The third kappa shape index (κ3) is 2.71. The van der Waals surface area contributed by atoms with Gasteiger partial charge in [-0.3, -0.25) is 9.48 Å². The average Bonchev–Trinajstić information content (AvgIpc) is 2.69. The Morgan fingerprint density at radius 1 is 1.21 bits per heavy atom. The van der Waals surface area contributed by atoms with Gasteiger partial charge in [-0.2, -0.15) is 5.10 Å². The lowest BCUT2D eigenvalue weighted by Gasteiger charge is -2.11. The summed E-state index contributed by atoms with van der Waals surface area (Å²) < 4.78 is 1.67. The van der Waals surface area contributed by atoms with Crippen molar-refractivity contribution in [1.29, 1.82) is 0 Å². The Labute approximate surface area is 118 Å². The number of carbonyl (C=O) groups is 1. The van der Waals surface area contributed by atoms with Crippen molar-refractivity contribution in [2.75, 3.05) is 0 Å². The number of carbonyl (C=O) groups excluding carboxylic acids is 1. The van der Waals surface area contributed by atoms with Crippen LogP contribution in [0.5, 0.6) is 0 Å². The molecule has 0 aliphatic rings. The number of halogens is 1. The minimum absolute atomic E-state index is 0.0806. The van der Waals surface area contributed by atoms with Gasteiger partial charge in [0.05, 0.1) is 11.2 Å². The molecule has 0 aliphatic heterocycles. The van der Waals surface area contributed by atoms with Crippen LogP contribution in [0.25, 0.3) is 0 Å². The summed E-state index contributed by atoms with van der Waals surface area (Å²) in [7, 11) is 0. The van der Waals surface area contributed by atoms with E-state index in [1.54, 1.807) is 4.68 Å². The molecule has 0 N–H and O–H groups in total. The second kappa shape index (κ2) is 5.17. The summed E-state index contributed by atoms with van der Waals surface area (Å²) in [6.07, 6.45) is 1.53. The van der Waals surface area contributed by atoms with Gasteiger partial charge >= 0.3 is 0 Å². The smallest absolute Gasteiger partial charge is 0.212 e. The Kier molecular flexibility index (Phi) is 3.76. The molecule has 1 heterocycles. The molecule has 1 aromatic carbocycles. The second-order valence-corrected chi connectivity index (χ2v) is 5.49. The molecular weight excluding hydrogens is 260 g/mol. The number of rotatable bonds is 3. The molecule has 0 saturated carbocycles. The molecule has 0 atom stereocenters. The molecule has 4 heteroatoms. The average molecular weight is 277 g/mol. The predicted octanol–water partition coefficient (Wildman–Crippen LogP) is 3.97. The van der Waals surface area contributed by atoms with Crippen molar-refractivity contribution in [3.63, 3.8) is 0 Å². The molecule has 2 aromatic rings. The van der Waals surface area contributed by atoms with Gasteiger partial charge < -0.3 is 0 Å². The van der Waals surface area contributed by atoms with Gasteiger partial charge in [0.1, 0.15) is 5.69 Å². The van der Waals surface area contributed by atoms with Gasteiger partial charge in [0.2, 0.25) is 5.78 Å². The van der Waals surface area contributed by atoms with Crippen molar-refractivity contribution in [3.8, 4) is 0 Å². The first-order valence-corrected chi connectivity index (χ1v) is 6.64. The van der Waals surface area contributed by atoms with E-state index in [0.717, 1.165) is 11.1 Å². The lowest BCUT2D eigenvalue weighted by molar-refractivity contribution is 0.102. The van der Waals surface area contributed by atoms with Crippen LogP contribution in [0.2, 0.25) is 5.02 Å². The molecular formula is C15H17ClN2O. The van der Waals surface area contributed by atoms with Gasteiger partial charge in [0.15, 0.2) is 0 Å². The number of aromatic nitrogens is 2. The van der Waals surface area contributed by atoms with Gasteiger partial charge in [0.25, 0.3) is 0 Å². The number of hydrogen-bond acceptors (Lipinski definition) is 2. The van der Waals surface area contributed by atoms with Crippen LogP contribution in [-0.4, -0.2) is 15.6 Å². The molecule has 0 saturated heterocycles. The maximum Gasteiger partial charge on any atom is 0.212 e. The van der Waals surface area contributed by atoms with E-state index in [4.69, 9.17) is 11.6 Å². The van der Waals surface area contributed by atoms with E-state index in [1.165, 1.54) is 6.20 Å². The summed E-state index contributed by atoms with van der Waals surface area (Å²) in [6, 6.07) is 5.89. The molecule has 2 rings (SSSR count). The first-order valence-electron chi connectivity index (χ1n) is 6.26. The summed E-state index contributed by atoms with van der Waals surface area (Å²) in [5.74, 6) is -0.0806. The van der Waals surface area contributed by atoms with E-state index in [1.807, 2.05) is 45.9 Å². The van der Waals surface area contributed by atoms with E-state index in [0.29, 0.717) is 16.3 Å². The lowest BCUT2D eigenvalue weighted by Crippen LogP contribution is -2.14. The predicted molar refractivity (Wildman–Crippen MR) is 77.0 cm³/mol. The van der Waals surface area contributed by atoms with Crippen molar-refractivity contribution in [3.05, 3.63) is 51.8 Å². The Morgan fingerprint density at radius 2 is 1.79 bits per heavy atom. The maximum atomic E-state index is 12.6. The molecule has 1 aromatic heterocycles. The zero-order valence-electron chi connectivity index (χ0n) is 11.6. The standard InChI is InChI=1S/C15H17ClN2O/c1-9(2)18-14(13(16)8-17-18)15(19)12-6-10(3)5-11(4)7-12/h5-9H,1-4H3. The van der Waals surface area contributed by atoms with E-state index < -0.39 is 0 Å². The fraction of sp³-hybridized carbons (Fsp3) is 0.333. The number of nitrogens with zero attached hydrogens (tertiary/aromatic N) is 2. The Bertz CT molecular complexity index is 609. The number of benzene rings is 1. The quantitative estimate of drug-likeness (QED) is 0.795. The Hall–Kier alpha value is -1.61. The summed E-state index contributed by atoms with van der Waals surface area (Å²) in [4.78, 5) is 12.6. The normalized spacial score (nSPS) is 11.1. The van der Waals surface area contributed by atoms with E-state index >= 15 is 0 Å². The monoisotopic (exact) mass is 276 g/mol. The van der Waals surface area contributed by atoms with Crippen molar-refractivity contribution in [1.82, 2.24) is 9.78 Å². The Morgan fingerprint density at radius 3 is 2.32 bits per heavy atom. The van der Waals surface area contributed by atoms with Crippen LogP contribution in [0.3, 0.4) is 0 Å². The van der Waals surface area contributed by atoms with Crippen LogP contribution >= 0.6 is 11.6 Å². The second-order valence-electron chi connectivity index (χ2n) is 5.08. The highest BCUT2D eigenvalue weighted by atomic mass is 35.5. The van der Waals surface area contributed by atoms with Gasteiger partial charge in [-0.05, 0) is 39.8 Å². The fourth-order valence-corrected chi connectivity index (χ4v) is 2.40. The summed E-state index contributed by atoms with van der Waals surface area (Å²) >= 11 is 6.11. The van der Waals surface area contributed by atoms with Crippen LogP contribution in [0.1, 0.15) is 47.1 Å². The van der Waals surface area contributed by atoms with Crippen LogP contribution in [-0.2, 0) is 0 Å². The molecule has 0 amide bonds. The Balaban J connectivity index is 2.53. The minimum atomic E-state index is -0.0806. The zero-order valence-corrected chi connectivity index (χ0v) is 12.3. The first-order chi connectivity index (χ1) is 8.90. The largest absolute Gasteiger partial charge is 0.287 e. The molecule has 19 heavy (non-hydrogen) atoms. The van der Waals surface area contributed by atoms with Crippen molar-refractivity contribution in [2.24, 2.45) is 0 Å². The van der Waals surface area contributed by atoms with Crippen LogP contribution in [0.15, 0.2) is 24.4 Å². The first kappa shape index (κ1) is 13.8. The third-order valence-corrected chi connectivity index (χ3v) is 3.22. The fourth-order valence-electron chi connectivity index (χ4n) is 2.19. The van der Waals surface area contributed by atoms with E-state index in [-0.39, 0.29) is 11.8 Å².